The molecule has 1 saturated heterocycles. The number of methoxy groups -OCH3 is 1. The molecule has 1 fully saturated rings. The van der Waals surface area contributed by atoms with Gasteiger partial charge < -0.3 is 15.4 Å². The average Bonchev–Trinajstić information content (AvgIpc) is 2.55. The quantitative estimate of drug-likeness (QED) is 0.614. The van der Waals surface area contributed by atoms with Crippen LogP contribution in [0.3, 0.4) is 0 Å². The summed E-state index contributed by atoms with van der Waals surface area (Å²) in [5, 5.41) is 0.403. The first kappa shape index (κ1) is 20.1. The van der Waals surface area contributed by atoms with E-state index in [0.29, 0.717) is 34.4 Å². The summed E-state index contributed by atoms with van der Waals surface area (Å²) in [6.07, 6.45) is 3.83. The van der Waals surface area contributed by atoms with Crippen molar-refractivity contribution in [2.45, 2.75) is 32.6 Å². The van der Waals surface area contributed by atoms with Crippen molar-refractivity contribution in [2.24, 2.45) is 5.92 Å². The second-order valence-electron chi connectivity index (χ2n) is 5.91. The van der Waals surface area contributed by atoms with Gasteiger partial charge in [0.25, 0.3) is 0 Å². The Morgan fingerprint density at radius 2 is 2.04 bits per heavy atom. The van der Waals surface area contributed by atoms with Crippen LogP contribution in [-0.4, -0.2) is 37.4 Å². The molecule has 0 unspecified atom stereocenters. The van der Waals surface area contributed by atoms with Crippen molar-refractivity contribution in [3.8, 4) is 5.75 Å². The summed E-state index contributed by atoms with van der Waals surface area (Å²) in [5.41, 5.74) is 6.72. The molecule has 1 aromatic rings. The second kappa shape index (κ2) is 9.36. The van der Waals surface area contributed by atoms with Gasteiger partial charge in [0.15, 0.2) is 5.78 Å². The fraction of sp³-hybridized carbons (Fsp3) is 0.588. The van der Waals surface area contributed by atoms with Crippen molar-refractivity contribution in [2.75, 3.05) is 32.5 Å². The number of nitrogens with two attached hydrogens (primary N) is 1. The maximum absolute atomic E-state index is 12.5. The van der Waals surface area contributed by atoms with Gasteiger partial charge in [0.05, 0.1) is 23.4 Å². The van der Waals surface area contributed by atoms with Crippen molar-refractivity contribution >= 4 is 35.5 Å². The molecule has 1 aliphatic heterocycles. The summed E-state index contributed by atoms with van der Waals surface area (Å²) in [6, 6.07) is 3.24. The van der Waals surface area contributed by atoms with Crippen LogP contribution in [0, 0.1) is 5.92 Å². The van der Waals surface area contributed by atoms with Crippen LogP contribution in [-0.2, 0) is 0 Å². The summed E-state index contributed by atoms with van der Waals surface area (Å²) in [7, 11) is 1.54. The highest BCUT2D eigenvalue weighted by Crippen LogP contribution is 2.31. The minimum atomic E-state index is 0. The van der Waals surface area contributed by atoms with Crippen LogP contribution in [0.15, 0.2) is 12.1 Å². The number of nitrogens with zero attached hydrogens (tertiary/aromatic N) is 1. The lowest BCUT2D eigenvalue weighted by atomic mass is 9.90. The number of likely N-dealkylation sites (tertiary alicyclic amines) is 1. The molecule has 0 spiro atoms. The lowest BCUT2D eigenvalue weighted by Gasteiger charge is -2.30. The maximum atomic E-state index is 12.5. The summed E-state index contributed by atoms with van der Waals surface area (Å²) in [6.45, 7) is 5.60. The Balaban J connectivity index is 0.00000264. The molecule has 2 N–H and O–H groups in total. The number of nitrogen functional groups attached to an aromatic ring is 1. The summed E-state index contributed by atoms with van der Waals surface area (Å²) >= 11 is 6.03. The van der Waals surface area contributed by atoms with Crippen LogP contribution in [0.1, 0.15) is 43.0 Å². The fourth-order valence-corrected chi connectivity index (χ4v) is 3.18. The number of carbonyl (C=O) groups is 1. The van der Waals surface area contributed by atoms with E-state index >= 15 is 0 Å². The number of halogens is 2. The molecule has 130 valence electrons. The lowest BCUT2D eigenvalue weighted by molar-refractivity contribution is 0.0960. The zero-order chi connectivity index (χ0) is 16.1. The van der Waals surface area contributed by atoms with E-state index in [1.807, 2.05) is 0 Å². The number of anilines is 1. The maximum Gasteiger partial charge on any atom is 0.166 e. The molecule has 1 aromatic carbocycles. The lowest BCUT2D eigenvalue weighted by Crippen LogP contribution is -2.33. The molecule has 0 amide bonds. The smallest absolute Gasteiger partial charge is 0.166 e. The molecule has 2 rings (SSSR count). The monoisotopic (exact) mass is 360 g/mol. The van der Waals surface area contributed by atoms with Gasteiger partial charge in [-0.25, -0.2) is 0 Å². The van der Waals surface area contributed by atoms with Gasteiger partial charge in [-0.05, 0) is 50.9 Å². The molecular weight excluding hydrogens is 335 g/mol. The van der Waals surface area contributed by atoms with Crippen LogP contribution in [0.2, 0.25) is 5.02 Å². The van der Waals surface area contributed by atoms with Crippen molar-refractivity contribution < 1.29 is 9.53 Å². The molecule has 0 aliphatic carbocycles. The topological polar surface area (TPSA) is 55.6 Å². The Bertz CT molecular complexity index is 530. The molecule has 6 heteroatoms. The van der Waals surface area contributed by atoms with E-state index < -0.39 is 0 Å². The number of Topliss-reactive ketones (excluding diaryl/α,β-unsaturated/α-hetero) is 1. The molecule has 0 saturated carbocycles. The number of carbonyl (C=O) groups excluding carboxylic acids is 1. The Hall–Kier alpha value is -0.970. The summed E-state index contributed by atoms with van der Waals surface area (Å²) in [5.74, 6) is 1.23. The number of ether oxygens (including phenoxy) is 1. The third-order valence-corrected chi connectivity index (χ3v) is 4.88. The van der Waals surface area contributed by atoms with E-state index in [9.17, 15) is 4.79 Å². The van der Waals surface area contributed by atoms with Crippen LogP contribution >= 0.6 is 24.0 Å². The minimum Gasteiger partial charge on any atom is -0.496 e. The number of ketones is 1. The molecule has 1 heterocycles. The Labute approximate surface area is 149 Å². The summed E-state index contributed by atoms with van der Waals surface area (Å²) < 4.78 is 5.26. The fourth-order valence-electron chi connectivity index (χ4n) is 3.02. The van der Waals surface area contributed by atoms with E-state index in [2.05, 4.69) is 11.8 Å². The van der Waals surface area contributed by atoms with E-state index in [-0.39, 0.29) is 18.2 Å². The molecule has 0 radical (unpaired) electrons. The SMILES string of the molecule is CCN1CCC(CCC(=O)c2cc(Cl)c(N)cc2OC)CC1.Cl. The van der Waals surface area contributed by atoms with E-state index in [1.54, 1.807) is 19.2 Å². The molecule has 4 nitrogen and oxygen atoms in total. The Morgan fingerprint density at radius 1 is 1.39 bits per heavy atom. The Morgan fingerprint density at radius 3 is 2.61 bits per heavy atom. The first-order valence-corrected chi connectivity index (χ1v) is 8.31. The largest absolute Gasteiger partial charge is 0.496 e. The van der Waals surface area contributed by atoms with Crippen LogP contribution in [0.25, 0.3) is 0 Å². The third-order valence-electron chi connectivity index (χ3n) is 4.55. The van der Waals surface area contributed by atoms with Crippen LogP contribution in [0.5, 0.6) is 5.75 Å². The zero-order valence-electron chi connectivity index (χ0n) is 13.8. The number of benzene rings is 1. The highest BCUT2D eigenvalue weighted by atomic mass is 35.5. The highest BCUT2D eigenvalue weighted by Gasteiger charge is 2.21. The average molecular weight is 361 g/mol. The molecule has 0 atom stereocenters. The van der Waals surface area contributed by atoms with Gasteiger partial charge in [-0.2, -0.15) is 0 Å². The van der Waals surface area contributed by atoms with Gasteiger partial charge in [0.1, 0.15) is 5.75 Å². The standard InChI is InChI=1S/C17H25ClN2O2.ClH/c1-3-20-8-6-12(7-9-20)4-5-16(21)13-10-14(18)15(19)11-17(13)22-2;/h10-12H,3-9,19H2,1-2H3;1H. The van der Waals surface area contributed by atoms with Gasteiger partial charge in [0, 0.05) is 12.5 Å². The van der Waals surface area contributed by atoms with Gasteiger partial charge in [-0.3, -0.25) is 4.79 Å². The predicted octanol–water partition coefficient (Wildman–Crippen LogP) is 4.05. The Kier molecular flexibility index (Phi) is 8.17. The first-order chi connectivity index (χ1) is 10.5. The van der Waals surface area contributed by atoms with Crippen molar-refractivity contribution in [3.63, 3.8) is 0 Å². The minimum absolute atomic E-state index is 0. The number of piperidine rings is 1. The molecule has 0 bridgehead atoms. The second-order valence-corrected chi connectivity index (χ2v) is 6.32. The first-order valence-electron chi connectivity index (χ1n) is 7.93. The van der Waals surface area contributed by atoms with E-state index in [4.69, 9.17) is 22.1 Å². The van der Waals surface area contributed by atoms with Crippen LogP contribution < -0.4 is 10.5 Å². The number of hydrogen-bond donors (Lipinski definition) is 1. The van der Waals surface area contributed by atoms with E-state index in [0.717, 1.165) is 26.1 Å². The van der Waals surface area contributed by atoms with Gasteiger partial charge in [-0.1, -0.05) is 18.5 Å². The number of hydrogen-bond acceptors (Lipinski definition) is 4. The zero-order valence-corrected chi connectivity index (χ0v) is 15.4. The molecular formula is C17H26Cl2N2O2. The van der Waals surface area contributed by atoms with Crippen molar-refractivity contribution in [1.82, 2.24) is 4.90 Å². The van der Waals surface area contributed by atoms with Crippen molar-refractivity contribution in [3.05, 3.63) is 22.7 Å². The molecule has 23 heavy (non-hydrogen) atoms. The third kappa shape index (κ3) is 5.27. The van der Waals surface area contributed by atoms with Gasteiger partial charge in [-0.15, -0.1) is 12.4 Å². The van der Waals surface area contributed by atoms with Gasteiger partial charge in [0.2, 0.25) is 0 Å². The van der Waals surface area contributed by atoms with Crippen molar-refractivity contribution in [1.29, 1.82) is 0 Å². The summed E-state index contributed by atoms with van der Waals surface area (Å²) in [4.78, 5) is 14.9. The van der Waals surface area contributed by atoms with Crippen LogP contribution in [0.4, 0.5) is 5.69 Å². The normalized spacial score (nSPS) is 16.0. The molecule has 1 aliphatic rings. The number of rotatable bonds is 6. The highest BCUT2D eigenvalue weighted by molar-refractivity contribution is 6.33. The predicted molar refractivity (Wildman–Crippen MR) is 98.1 cm³/mol. The van der Waals surface area contributed by atoms with Gasteiger partial charge >= 0.3 is 0 Å². The van der Waals surface area contributed by atoms with E-state index in [1.165, 1.54) is 12.8 Å². The molecule has 0 aromatic heterocycles.